The Morgan fingerprint density at radius 3 is 2.45 bits per heavy atom. The molecule has 1 atom stereocenters. The van der Waals surface area contributed by atoms with Crippen LogP contribution in [0.4, 0.5) is 0 Å². The summed E-state index contributed by atoms with van der Waals surface area (Å²) in [7, 11) is -2.87. The number of hydrogen-bond donors (Lipinski definition) is 1. The van der Waals surface area contributed by atoms with Crippen molar-refractivity contribution in [2.24, 2.45) is 11.7 Å². The van der Waals surface area contributed by atoms with Gasteiger partial charge in [-0.2, -0.15) is 0 Å². The maximum absolute atomic E-state index is 11.3. The van der Waals surface area contributed by atoms with Gasteiger partial charge in [0.2, 0.25) is 0 Å². The first-order valence-electron chi connectivity index (χ1n) is 3.98. The molecule has 1 saturated carbocycles. The van der Waals surface area contributed by atoms with Crippen LogP contribution in [-0.2, 0) is 9.84 Å². The van der Waals surface area contributed by atoms with Gasteiger partial charge in [0.15, 0.2) is 9.84 Å². The van der Waals surface area contributed by atoms with Gasteiger partial charge in [-0.25, -0.2) is 8.42 Å². The minimum atomic E-state index is -2.87. The Hall–Kier alpha value is -0.0900. The van der Waals surface area contributed by atoms with Crippen molar-refractivity contribution < 1.29 is 8.42 Å². The molecule has 2 N–H and O–H groups in total. The molecular weight excluding hydrogens is 162 g/mol. The molecule has 0 aromatic heterocycles. The topological polar surface area (TPSA) is 60.2 Å². The van der Waals surface area contributed by atoms with E-state index in [-0.39, 0.29) is 11.8 Å². The summed E-state index contributed by atoms with van der Waals surface area (Å²) in [4.78, 5) is 0. The lowest BCUT2D eigenvalue weighted by atomic mass is 10.5. The molecule has 4 heteroatoms. The number of rotatable bonds is 4. The zero-order valence-electron chi connectivity index (χ0n) is 6.79. The van der Waals surface area contributed by atoms with Crippen molar-refractivity contribution in [2.75, 3.05) is 12.3 Å². The predicted octanol–water partition coefficient (Wildman–Crippen LogP) is 0.158. The Bertz CT molecular complexity index is 219. The van der Waals surface area contributed by atoms with Crippen LogP contribution in [0.25, 0.3) is 0 Å². The number of hydrogen-bond acceptors (Lipinski definition) is 3. The minimum absolute atomic E-state index is 0.245. The second kappa shape index (κ2) is 3.11. The van der Waals surface area contributed by atoms with Crippen molar-refractivity contribution in [1.82, 2.24) is 0 Å². The molecule has 0 aromatic rings. The highest BCUT2D eigenvalue weighted by Gasteiger charge is 2.30. The highest BCUT2D eigenvalue weighted by atomic mass is 32.2. The summed E-state index contributed by atoms with van der Waals surface area (Å²) in [6.45, 7) is 1.92. The summed E-state index contributed by atoms with van der Waals surface area (Å²) in [5, 5.41) is -0.358. The molecule has 1 unspecified atom stereocenters. The second-order valence-corrected chi connectivity index (χ2v) is 5.78. The van der Waals surface area contributed by atoms with Gasteiger partial charge in [-0.3, -0.25) is 0 Å². The van der Waals surface area contributed by atoms with Crippen molar-refractivity contribution in [3.8, 4) is 0 Å². The van der Waals surface area contributed by atoms with Gasteiger partial charge >= 0.3 is 0 Å². The van der Waals surface area contributed by atoms with Crippen LogP contribution in [-0.4, -0.2) is 26.0 Å². The van der Waals surface area contributed by atoms with Crippen molar-refractivity contribution in [3.63, 3.8) is 0 Å². The molecule has 0 amide bonds. The van der Waals surface area contributed by atoms with E-state index in [1.807, 2.05) is 0 Å². The summed E-state index contributed by atoms with van der Waals surface area (Å²) in [5.41, 5.74) is 5.28. The molecule has 1 rings (SSSR count). The Balaban J connectivity index is 2.50. The monoisotopic (exact) mass is 177 g/mol. The van der Waals surface area contributed by atoms with Gasteiger partial charge in [0.25, 0.3) is 0 Å². The predicted molar refractivity (Wildman–Crippen MR) is 45.0 cm³/mol. The Labute approximate surface area is 67.9 Å². The fraction of sp³-hybridized carbons (Fsp3) is 1.00. The number of nitrogens with two attached hydrogens (primary N) is 1. The van der Waals surface area contributed by atoms with Gasteiger partial charge in [0, 0.05) is 6.54 Å². The lowest BCUT2D eigenvalue weighted by Crippen LogP contribution is -2.29. The van der Waals surface area contributed by atoms with E-state index in [1.54, 1.807) is 6.92 Å². The normalized spacial score (nSPS) is 21.6. The molecule has 1 fully saturated rings. The highest BCUT2D eigenvalue weighted by molar-refractivity contribution is 7.92. The fourth-order valence-corrected chi connectivity index (χ4v) is 2.54. The average molecular weight is 177 g/mol. The first kappa shape index (κ1) is 9.00. The first-order valence-corrected chi connectivity index (χ1v) is 5.69. The first-order chi connectivity index (χ1) is 5.06. The van der Waals surface area contributed by atoms with Crippen LogP contribution in [0.2, 0.25) is 0 Å². The summed E-state index contributed by atoms with van der Waals surface area (Å²) in [6.07, 6.45) is 2.16. The van der Waals surface area contributed by atoms with E-state index in [0.29, 0.717) is 11.7 Å². The van der Waals surface area contributed by atoms with Gasteiger partial charge in [-0.15, -0.1) is 0 Å². The molecule has 66 valence electrons. The van der Waals surface area contributed by atoms with Crippen LogP contribution in [0.5, 0.6) is 0 Å². The van der Waals surface area contributed by atoms with Gasteiger partial charge in [-0.05, 0) is 25.7 Å². The molecule has 0 aromatic carbocycles. The second-order valence-electron chi connectivity index (χ2n) is 3.32. The molecule has 1 aliphatic rings. The van der Waals surface area contributed by atoms with Crippen LogP contribution in [0.15, 0.2) is 0 Å². The zero-order chi connectivity index (χ0) is 8.48. The van der Waals surface area contributed by atoms with E-state index in [0.717, 1.165) is 12.8 Å². The smallest absolute Gasteiger partial charge is 0.154 e. The lowest BCUT2D eigenvalue weighted by Gasteiger charge is -2.08. The lowest BCUT2D eigenvalue weighted by molar-refractivity contribution is 0.580. The molecule has 0 radical (unpaired) electrons. The van der Waals surface area contributed by atoms with Gasteiger partial charge in [-0.1, -0.05) is 0 Å². The average Bonchev–Trinajstić information content (AvgIpc) is 2.69. The van der Waals surface area contributed by atoms with Crippen molar-refractivity contribution in [1.29, 1.82) is 0 Å². The summed E-state index contributed by atoms with van der Waals surface area (Å²) >= 11 is 0. The maximum atomic E-state index is 11.3. The molecule has 0 aliphatic heterocycles. The van der Waals surface area contributed by atoms with Crippen LogP contribution >= 0.6 is 0 Å². The maximum Gasteiger partial charge on any atom is 0.154 e. The highest BCUT2D eigenvalue weighted by Crippen LogP contribution is 2.31. The van der Waals surface area contributed by atoms with Crippen molar-refractivity contribution >= 4 is 9.84 Å². The molecule has 0 bridgehead atoms. The third kappa shape index (κ3) is 2.45. The van der Waals surface area contributed by atoms with Gasteiger partial charge < -0.3 is 5.73 Å². The Morgan fingerprint density at radius 2 is 2.09 bits per heavy atom. The van der Waals surface area contributed by atoms with Crippen molar-refractivity contribution in [2.45, 2.75) is 25.0 Å². The van der Waals surface area contributed by atoms with E-state index in [1.165, 1.54) is 0 Å². The molecule has 1 aliphatic carbocycles. The molecule has 0 spiro atoms. The van der Waals surface area contributed by atoms with E-state index >= 15 is 0 Å². The largest absolute Gasteiger partial charge is 0.329 e. The van der Waals surface area contributed by atoms with Crippen molar-refractivity contribution in [3.05, 3.63) is 0 Å². The SMILES string of the molecule is CC(CN)S(=O)(=O)CC1CC1. The molecule has 0 saturated heterocycles. The molecule has 11 heavy (non-hydrogen) atoms. The van der Waals surface area contributed by atoms with E-state index in [9.17, 15) is 8.42 Å². The molecule has 0 heterocycles. The third-order valence-electron chi connectivity index (χ3n) is 2.11. The quantitative estimate of drug-likeness (QED) is 0.665. The zero-order valence-corrected chi connectivity index (χ0v) is 7.60. The van der Waals surface area contributed by atoms with Gasteiger partial charge in [0.1, 0.15) is 0 Å². The minimum Gasteiger partial charge on any atom is -0.329 e. The fourth-order valence-electron chi connectivity index (χ4n) is 0.924. The van der Waals surface area contributed by atoms with Crippen LogP contribution in [0.1, 0.15) is 19.8 Å². The standard InChI is InChI=1S/C7H15NO2S/c1-6(4-8)11(9,10)5-7-2-3-7/h6-7H,2-5,8H2,1H3. The Morgan fingerprint density at radius 1 is 1.55 bits per heavy atom. The van der Waals surface area contributed by atoms with Crippen LogP contribution < -0.4 is 5.73 Å². The molecule has 3 nitrogen and oxygen atoms in total. The Kier molecular flexibility index (Phi) is 2.54. The van der Waals surface area contributed by atoms with Gasteiger partial charge in [0.05, 0.1) is 11.0 Å². The number of sulfone groups is 1. The molecular formula is C7H15NO2S. The van der Waals surface area contributed by atoms with Crippen LogP contribution in [0, 0.1) is 5.92 Å². The summed E-state index contributed by atoms with van der Waals surface area (Å²) in [6, 6.07) is 0. The van der Waals surface area contributed by atoms with E-state index < -0.39 is 9.84 Å². The summed E-state index contributed by atoms with van der Waals surface area (Å²) in [5.74, 6) is 0.791. The van der Waals surface area contributed by atoms with Crippen LogP contribution in [0.3, 0.4) is 0 Å². The third-order valence-corrected chi connectivity index (χ3v) is 4.46. The van der Waals surface area contributed by atoms with E-state index in [2.05, 4.69) is 0 Å². The summed E-state index contributed by atoms with van der Waals surface area (Å²) < 4.78 is 22.7. The van der Waals surface area contributed by atoms with E-state index in [4.69, 9.17) is 5.73 Å².